The van der Waals surface area contributed by atoms with Gasteiger partial charge in [0, 0.05) is 6.07 Å². The number of nitrogens with two attached hydrogens (primary N) is 1. The van der Waals surface area contributed by atoms with Crippen molar-refractivity contribution in [3.05, 3.63) is 47.3 Å². The molecule has 2 rings (SSSR count). The zero-order valence-corrected chi connectivity index (χ0v) is 10.8. The van der Waals surface area contributed by atoms with Gasteiger partial charge in [0.15, 0.2) is 0 Å². The molecule has 0 bridgehead atoms. The molecule has 0 aliphatic heterocycles. The normalized spacial score (nSPS) is 11.3. The molecule has 0 saturated carbocycles. The average Bonchev–Trinajstić information content (AvgIpc) is 2.40. The first-order valence-electron chi connectivity index (χ1n) is 5.79. The van der Waals surface area contributed by atoms with Gasteiger partial charge in [0.1, 0.15) is 17.4 Å². The van der Waals surface area contributed by atoms with E-state index in [0.29, 0.717) is 5.56 Å². The fraction of sp³-hybridized carbons (Fsp3) is 0.154. The number of hydrogen-bond acceptors (Lipinski definition) is 4. The van der Waals surface area contributed by atoms with Crippen LogP contribution in [0.15, 0.2) is 30.3 Å². The summed E-state index contributed by atoms with van der Waals surface area (Å²) >= 11 is 0. The summed E-state index contributed by atoms with van der Waals surface area (Å²) in [6.07, 6.45) is -4.56. The molecule has 0 unspecified atom stereocenters. The van der Waals surface area contributed by atoms with Crippen LogP contribution in [0.1, 0.15) is 11.1 Å². The number of alkyl halides is 3. The van der Waals surface area contributed by atoms with Crippen LogP contribution in [0, 0.1) is 12.7 Å². The Morgan fingerprint density at radius 3 is 2.48 bits per heavy atom. The molecule has 1 aromatic carbocycles. The number of nitrogens with one attached hydrogen (secondary N) is 1. The summed E-state index contributed by atoms with van der Waals surface area (Å²) in [5.74, 6) is 4.32. The number of nitrogen functional groups attached to an aromatic ring is 1. The molecule has 3 N–H and O–H groups in total. The fourth-order valence-corrected chi connectivity index (χ4v) is 1.64. The van der Waals surface area contributed by atoms with Crippen molar-refractivity contribution in [1.82, 2.24) is 4.98 Å². The second-order valence-electron chi connectivity index (χ2n) is 4.23. The topological polar surface area (TPSA) is 60.2 Å². The third-order valence-corrected chi connectivity index (χ3v) is 2.63. The predicted octanol–water partition coefficient (Wildman–Crippen LogP) is 3.63. The largest absolute Gasteiger partial charge is 0.439 e. The zero-order chi connectivity index (χ0) is 15.6. The number of hydrazine groups is 1. The zero-order valence-electron chi connectivity index (χ0n) is 10.8. The van der Waals surface area contributed by atoms with Gasteiger partial charge in [-0.1, -0.05) is 0 Å². The number of halogens is 4. The van der Waals surface area contributed by atoms with Crippen LogP contribution >= 0.6 is 0 Å². The van der Waals surface area contributed by atoms with Crippen molar-refractivity contribution in [3.8, 4) is 11.6 Å². The number of rotatable bonds is 3. The van der Waals surface area contributed by atoms with Gasteiger partial charge in [-0.15, -0.1) is 0 Å². The van der Waals surface area contributed by atoms with E-state index in [1.807, 2.05) is 5.43 Å². The lowest BCUT2D eigenvalue weighted by Crippen LogP contribution is -2.12. The third kappa shape index (κ3) is 3.60. The van der Waals surface area contributed by atoms with E-state index in [0.717, 1.165) is 18.2 Å². The van der Waals surface area contributed by atoms with Crippen LogP contribution in [0.25, 0.3) is 0 Å². The summed E-state index contributed by atoms with van der Waals surface area (Å²) < 4.78 is 56.5. The molecule has 112 valence electrons. The van der Waals surface area contributed by atoms with Crippen molar-refractivity contribution in [2.75, 3.05) is 5.43 Å². The van der Waals surface area contributed by atoms with Crippen LogP contribution in [0.5, 0.6) is 11.6 Å². The molecule has 0 aliphatic rings. The van der Waals surface area contributed by atoms with Gasteiger partial charge in [0.25, 0.3) is 0 Å². The van der Waals surface area contributed by atoms with Crippen molar-refractivity contribution in [2.24, 2.45) is 5.84 Å². The van der Waals surface area contributed by atoms with Gasteiger partial charge in [-0.3, -0.25) is 0 Å². The van der Waals surface area contributed by atoms with E-state index in [4.69, 9.17) is 10.6 Å². The molecule has 1 heterocycles. The summed E-state index contributed by atoms with van der Waals surface area (Å²) in [6, 6.07) is 5.14. The second-order valence-corrected chi connectivity index (χ2v) is 4.23. The summed E-state index contributed by atoms with van der Waals surface area (Å²) in [7, 11) is 0. The van der Waals surface area contributed by atoms with Crippen LogP contribution in [0.4, 0.5) is 23.4 Å². The minimum absolute atomic E-state index is 0.195. The molecule has 4 nitrogen and oxygen atoms in total. The maximum Gasteiger partial charge on any atom is 0.416 e. The lowest BCUT2D eigenvalue weighted by Gasteiger charge is -2.12. The van der Waals surface area contributed by atoms with Crippen molar-refractivity contribution in [3.63, 3.8) is 0 Å². The van der Waals surface area contributed by atoms with Crippen LogP contribution in [0.2, 0.25) is 0 Å². The van der Waals surface area contributed by atoms with Gasteiger partial charge in [0.05, 0.1) is 5.56 Å². The highest BCUT2D eigenvalue weighted by atomic mass is 19.4. The molecule has 2 aromatic rings. The van der Waals surface area contributed by atoms with E-state index in [2.05, 4.69) is 4.98 Å². The first-order valence-corrected chi connectivity index (χ1v) is 5.79. The Morgan fingerprint density at radius 2 is 1.90 bits per heavy atom. The van der Waals surface area contributed by atoms with Gasteiger partial charge in [-0.2, -0.15) is 18.2 Å². The molecule has 0 aliphatic carbocycles. The Hall–Kier alpha value is -2.35. The van der Waals surface area contributed by atoms with E-state index in [9.17, 15) is 17.6 Å². The monoisotopic (exact) mass is 301 g/mol. The number of benzene rings is 1. The van der Waals surface area contributed by atoms with Crippen molar-refractivity contribution in [2.45, 2.75) is 13.1 Å². The number of aryl methyl sites for hydroxylation is 1. The van der Waals surface area contributed by atoms with Gasteiger partial charge in [-0.05, 0) is 36.8 Å². The van der Waals surface area contributed by atoms with Crippen LogP contribution in [-0.4, -0.2) is 4.98 Å². The summed E-state index contributed by atoms with van der Waals surface area (Å²) in [6.45, 7) is 1.56. The highest BCUT2D eigenvalue weighted by Crippen LogP contribution is 2.34. The van der Waals surface area contributed by atoms with E-state index in [1.165, 1.54) is 12.1 Å². The SMILES string of the molecule is Cc1cc(F)ccc1Oc1cc(C(F)(F)F)cc(NN)n1. The maximum absolute atomic E-state index is 13.0. The standard InChI is InChI=1S/C13H11F4N3O/c1-7-4-9(14)2-3-10(7)21-12-6-8(13(15,16)17)5-11(19-12)20-18/h2-6H,18H2,1H3,(H,19,20). The number of aromatic nitrogens is 1. The van der Waals surface area contributed by atoms with Crippen LogP contribution in [0.3, 0.4) is 0 Å². The molecule has 0 radical (unpaired) electrons. The van der Waals surface area contributed by atoms with Gasteiger partial charge >= 0.3 is 6.18 Å². The Kier molecular flexibility index (Phi) is 3.99. The molecule has 8 heteroatoms. The highest BCUT2D eigenvalue weighted by Gasteiger charge is 2.32. The van der Waals surface area contributed by atoms with Gasteiger partial charge in [0.2, 0.25) is 5.88 Å². The Labute approximate surface area is 117 Å². The number of pyridine rings is 1. The van der Waals surface area contributed by atoms with Crippen molar-refractivity contribution in [1.29, 1.82) is 0 Å². The fourth-order valence-electron chi connectivity index (χ4n) is 1.64. The van der Waals surface area contributed by atoms with E-state index < -0.39 is 17.6 Å². The molecule has 0 amide bonds. The van der Waals surface area contributed by atoms with E-state index >= 15 is 0 Å². The number of nitrogens with zero attached hydrogens (tertiary/aromatic N) is 1. The maximum atomic E-state index is 13.0. The van der Waals surface area contributed by atoms with Gasteiger partial charge < -0.3 is 10.2 Å². The third-order valence-electron chi connectivity index (χ3n) is 2.63. The molecule has 1 aromatic heterocycles. The number of anilines is 1. The molecular formula is C13H11F4N3O. The Balaban J connectivity index is 2.39. The summed E-state index contributed by atoms with van der Waals surface area (Å²) in [5, 5.41) is 0. The molecular weight excluding hydrogens is 290 g/mol. The van der Waals surface area contributed by atoms with E-state index in [-0.39, 0.29) is 17.4 Å². The average molecular weight is 301 g/mol. The summed E-state index contributed by atoms with van der Waals surface area (Å²) in [5.41, 5.74) is 1.51. The number of ether oxygens (including phenoxy) is 1. The first-order chi connectivity index (χ1) is 9.79. The van der Waals surface area contributed by atoms with Crippen molar-refractivity contribution < 1.29 is 22.3 Å². The Morgan fingerprint density at radius 1 is 1.19 bits per heavy atom. The van der Waals surface area contributed by atoms with Gasteiger partial charge in [-0.25, -0.2) is 10.2 Å². The van der Waals surface area contributed by atoms with Crippen LogP contribution in [-0.2, 0) is 6.18 Å². The highest BCUT2D eigenvalue weighted by molar-refractivity contribution is 5.43. The predicted molar refractivity (Wildman–Crippen MR) is 68.3 cm³/mol. The molecule has 0 spiro atoms. The lowest BCUT2D eigenvalue weighted by molar-refractivity contribution is -0.137. The second kappa shape index (κ2) is 5.57. The smallest absolute Gasteiger partial charge is 0.416 e. The lowest BCUT2D eigenvalue weighted by atomic mass is 10.2. The van der Waals surface area contributed by atoms with Crippen LogP contribution < -0.4 is 16.0 Å². The molecule has 0 atom stereocenters. The Bertz CT molecular complexity index is 658. The minimum atomic E-state index is -4.56. The molecule has 21 heavy (non-hydrogen) atoms. The van der Waals surface area contributed by atoms with Crippen molar-refractivity contribution >= 4 is 5.82 Å². The first kappa shape index (κ1) is 15.0. The summed E-state index contributed by atoms with van der Waals surface area (Å²) in [4.78, 5) is 3.77. The minimum Gasteiger partial charge on any atom is -0.439 e. The van der Waals surface area contributed by atoms with E-state index in [1.54, 1.807) is 6.92 Å². The number of hydrogen-bond donors (Lipinski definition) is 2. The molecule has 0 fully saturated rings. The quantitative estimate of drug-likeness (QED) is 0.516. The molecule has 0 saturated heterocycles.